The number of piperidine rings is 1. The Bertz CT molecular complexity index is 1220. The second-order valence-corrected chi connectivity index (χ2v) is 10.6. The Morgan fingerprint density at radius 2 is 1.14 bits per heavy atom. The SMILES string of the molecule is CCN(CC)CCOc1ccc(/C=C2\CN(C(C)=O)C/C(=C\c3ccc(OCCN(CC)CC)c(OC)c3)C2=O)cc1OC. The molecule has 9 nitrogen and oxygen atoms in total. The van der Waals surface area contributed by atoms with Gasteiger partial charge in [-0.15, -0.1) is 0 Å². The van der Waals surface area contributed by atoms with Crippen LogP contribution in [0.4, 0.5) is 0 Å². The van der Waals surface area contributed by atoms with E-state index >= 15 is 0 Å². The normalized spacial score (nSPS) is 15.4. The van der Waals surface area contributed by atoms with E-state index in [0.717, 1.165) is 50.4 Å². The minimum Gasteiger partial charge on any atom is -0.493 e. The Morgan fingerprint density at radius 3 is 1.48 bits per heavy atom. The average Bonchev–Trinajstić information content (AvgIpc) is 3.04. The predicted molar refractivity (Wildman–Crippen MR) is 176 cm³/mol. The zero-order valence-electron chi connectivity index (χ0n) is 27.5. The average molecular weight is 608 g/mol. The predicted octanol–water partition coefficient (Wildman–Crippen LogP) is 5.04. The van der Waals surface area contributed by atoms with Crippen molar-refractivity contribution in [1.29, 1.82) is 0 Å². The quantitative estimate of drug-likeness (QED) is 0.246. The monoisotopic (exact) mass is 607 g/mol. The van der Waals surface area contributed by atoms with Crippen LogP contribution in [0.1, 0.15) is 45.7 Å². The third kappa shape index (κ3) is 9.59. The zero-order valence-corrected chi connectivity index (χ0v) is 27.5. The Hall–Kier alpha value is -3.82. The maximum absolute atomic E-state index is 13.7. The van der Waals surface area contributed by atoms with Crippen LogP contribution < -0.4 is 18.9 Å². The van der Waals surface area contributed by atoms with E-state index in [0.29, 0.717) is 47.4 Å². The van der Waals surface area contributed by atoms with Gasteiger partial charge in [-0.2, -0.15) is 0 Å². The molecule has 0 radical (unpaired) electrons. The molecule has 1 amide bonds. The Labute approximate surface area is 263 Å². The van der Waals surface area contributed by atoms with Gasteiger partial charge in [0.15, 0.2) is 28.8 Å². The highest BCUT2D eigenvalue weighted by Crippen LogP contribution is 2.32. The van der Waals surface area contributed by atoms with Crippen molar-refractivity contribution < 1.29 is 28.5 Å². The lowest BCUT2D eigenvalue weighted by Gasteiger charge is -2.29. The first-order valence-electron chi connectivity index (χ1n) is 15.5. The molecule has 1 saturated heterocycles. The number of nitrogens with zero attached hydrogens (tertiary/aromatic N) is 3. The fourth-order valence-electron chi connectivity index (χ4n) is 5.10. The van der Waals surface area contributed by atoms with Crippen molar-refractivity contribution in [2.45, 2.75) is 34.6 Å². The first kappa shape index (κ1) is 34.7. The van der Waals surface area contributed by atoms with Crippen LogP contribution in [0.15, 0.2) is 47.5 Å². The lowest BCUT2D eigenvalue weighted by Crippen LogP contribution is -2.40. The number of rotatable bonds is 16. The van der Waals surface area contributed by atoms with Gasteiger partial charge in [0.05, 0.1) is 14.2 Å². The first-order valence-corrected chi connectivity index (χ1v) is 15.5. The maximum atomic E-state index is 13.7. The summed E-state index contributed by atoms with van der Waals surface area (Å²) in [6.07, 6.45) is 3.64. The highest BCUT2D eigenvalue weighted by Gasteiger charge is 2.28. The maximum Gasteiger partial charge on any atom is 0.220 e. The van der Waals surface area contributed by atoms with E-state index in [1.54, 1.807) is 19.1 Å². The van der Waals surface area contributed by atoms with E-state index in [1.165, 1.54) is 6.92 Å². The molecule has 1 aliphatic heterocycles. The third-order valence-electron chi connectivity index (χ3n) is 7.93. The van der Waals surface area contributed by atoms with Crippen LogP contribution in [0.5, 0.6) is 23.0 Å². The molecule has 9 heteroatoms. The summed E-state index contributed by atoms with van der Waals surface area (Å²) in [6.45, 7) is 17.1. The number of methoxy groups -OCH3 is 2. The second kappa shape index (κ2) is 17.5. The molecule has 0 bridgehead atoms. The van der Waals surface area contributed by atoms with Crippen LogP contribution in [0.2, 0.25) is 0 Å². The van der Waals surface area contributed by atoms with Crippen molar-refractivity contribution in [3.63, 3.8) is 0 Å². The van der Waals surface area contributed by atoms with Crippen LogP contribution in [0.3, 0.4) is 0 Å². The van der Waals surface area contributed by atoms with E-state index in [1.807, 2.05) is 48.6 Å². The van der Waals surface area contributed by atoms with Crippen molar-refractivity contribution in [2.24, 2.45) is 0 Å². The number of benzene rings is 2. The molecule has 0 atom stereocenters. The molecule has 0 N–H and O–H groups in total. The minimum absolute atomic E-state index is 0.0977. The van der Waals surface area contributed by atoms with Crippen molar-refractivity contribution in [1.82, 2.24) is 14.7 Å². The zero-order chi connectivity index (χ0) is 32.1. The van der Waals surface area contributed by atoms with E-state index in [2.05, 4.69) is 37.5 Å². The Morgan fingerprint density at radius 1 is 0.727 bits per heavy atom. The third-order valence-corrected chi connectivity index (χ3v) is 7.93. The molecule has 1 fully saturated rings. The van der Waals surface area contributed by atoms with Gasteiger partial charge in [0, 0.05) is 44.2 Å². The number of hydrogen-bond donors (Lipinski definition) is 0. The van der Waals surface area contributed by atoms with Gasteiger partial charge in [-0.25, -0.2) is 0 Å². The summed E-state index contributed by atoms with van der Waals surface area (Å²) in [7, 11) is 3.20. The molecule has 3 rings (SSSR count). The summed E-state index contributed by atoms with van der Waals surface area (Å²) in [4.78, 5) is 32.4. The molecule has 1 heterocycles. The minimum atomic E-state index is -0.0987. The molecule has 1 aliphatic rings. The molecular formula is C35H49N3O6. The van der Waals surface area contributed by atoms with Crippen molar-refractivity contribution in [3.05, 3.63) is 58.7 Å². The van der Waals surface area contributed by atoms with Crippen LogP contribution in [0.25, 0.3) is 12.2 Å². The van der Waals surface area contributed by atoms with Crippen molar-refractivity contribution in [2.75, 3.05) is 79.8 Å². The summed E-state index contributed by atoms with van der Waals surface area (Å²) < 4.78 is 23.2. The van der Waals surface area contributed by atoms with Crippen molar-refractivity contribution >= 4 is 23.8 Å². The first-order chi connectivity index (χ1) is 21.3. The number of likely N-dealkylation sites (tertiary alicyclic amines) is 1. The van der Waals surface area contributed by atoms with E-state index in [-0.39, 0.29) is 24.8 Å². The summed E-state index contributed by atoms with van der Waals surface area (Å²) in [5.41, 5.74) is 2.63. The number of ether oxygens (including phenoxy) is 4. The Kier molecular flexibility index (Phi) is 13.8. The van der Waals surface area contributed by atoms with Crippen LogP contribution in [-0.2, 0) is 9.59 Å². The molecule has 0 aromatic heterocycles. The van der Waals surface area contributed by atoms with Gasteiger partial charge in [0.2, 0.25) is 5.91 Å². The number of Topliss-reactive ketones (excluding diaryl/α,β-unsaturated/α-hetero) is 1. The van der Waals surface area contributed by atoms with Gasteiger partial charge in [0.1, 0.15) is 13.2 Å². The molecular weight excluding hydrogens is 558 g/mol. The molecule has 0 aliphatic carbocycles. The molecule has 0 saturated carbocycles. The number of carbonyl (C=O) groups is 2. The molecule has 0 unspecified atom stereocenters. The number of likely N-dealkylation sites (N-methyl/N-ethyl adjacent to an activating group) is 2. The lowest BCUT2D eigenvalue weighted by atomic mass is 9.94. The number of hydrogen-bond acceptors (Lipinski definition) is 8. The number of carbonyl (C=O) groups excluding carboxylic acids is 2. The summed E-state index contributed by atoms with van der Waals surface area (Å²) in [5.74, 6) is 2.29. The van der Waals surface area contributed by atoms with Gasteiger partial charge in [-0.1, -0.05) is 39.8 Å². The lowest BCUT2D eigenvalue weighted by molar-refractivity contribution is -0.129. The summed E-state index contributed by atoms with van der Waals surface area (Å²) in [5, 5.41) is 0. The van der Waals surface area contributed by atoms with Gasteiger partial charge in [0.25, 0.3) is 0 Å². The van der Waals surface area contributed by atoms with Crippen LogP contribution >= 0.6 is 0 Å². The van der Waals surface area contributed by atoms with Gasteiger partial charge < -0.3 is 33.6 Å². The van der Waals surface area contributed by atoms with Gasteiger partial charge in [-0.3, -0.25) is 9.59 Å². The molecule has 2 aromatic carbocycles. The van der Waals surface area contributed by atoms with Gasteiger partial charge >= 0.3 is 0 Å². The van der Waals surface area contributed by atoms with Gasteiger partial charge in [-0.05, 0) is 73.7 Å². The number of ketones is 1. The van der Waals surface area contributed by atoms with Crippen LogP contribution in [-0.4, -0.2) is 106 Å². The number of amides is 1. The highest BCUT2D eigenvalue weighted by atomic mass is 16.5. The largest absolute Gasteiger partial charge is 0.493 e. The molecule has 2 aromatic rings. The van der Waals surface area contributed by atoms with E-state index in [9.17, 15) is 9.59 Å². The van der Waals surface area contributed by atoms with E-state index in [4.69, 9.17) is 18.9 Å². The fourth-order valence-corrected chi connectivity index (χ4v) is 5.10. The smallest absolute Gasteiger partial charge is 0.220 e. The second-order valence-electron chi connectivity index (χ2n) is 10.6. The van der Waals surface area contributed by atoms with E-state index < -0.39 is 0 Å². The summed E-state index contributed by atoms with van der Waals surface area (Å²) >= 11 is 0. The summed E-state index contributed by atoms with van der Waals surface area (Å²) in [6, 6.07) is 11.2. The standard InChI is InChI=1S/C35H49N3O6/c1-8-36(9-2)16-18-43-31-14-12-27(22-33(31)41-6)20-29-24-38(26(5)39)25-30(35(29)40)21-28-13-15-32(34(23-28)42-7)44-19-17-37(10-3)11-4/h12-15,20-23H,8-11,16-19,24-25H2,1-7H3/b29-20+,30-21+. The van der Waals surface area contributed by atoms with Crippen LogP contribution in [0, 0.1) is 0 Å². The Balaban J connectivity index is 1.82. The fraction of sp³-hybridized carbons (Fsp3) is 0.486. The topological polar surface area (TPSA) is 80.8 Å². The molecule has 44 heavy (non-hydrogen) atoms. The highest BCUT2D eigenvalue weighted by molar-refractivity contribution is 6.15. The van der Waals surface area contributed by atoms with Crippen molar-refractivity contribution in [3.8, 4) is 23.0 Å². The molecule has 240 valence electrons. The molecule has 0 spiro atoms.